The Hall–Kier alpha value is -5.00. The number of ether oxygens (including phenoxy) is 1. The number of carbonyl (C=O) groups is 3. The van der Waals surface area contributed by atoms with E-state index in [0.29, 0.717) is 42.7 Å². The molecule has 3 aliphatic rings. The van der Waals surface area contributed by atoms with Gasteiger partial charge < -0.3 is 31.3 Å². The Balaban J connectivity index is 1.54. The van der Waals surface area contributed by atoms with Crippen LogP contribution in [-0.2, 0) is 27.3 Å². The summed E-state index contributed by atoms with van der Waals surface area (Å²) in [6.45, 7) is 6.15. The Bertz CT molecular complexity index is 1340. The molecule has 0 unspecified atom stereocenters. The lowest BCUT2D eigenvalue weighted by Crippen LogP contribution is -2.42. The minimum Gasteiger partial charge on any atom is -0.464 e. The molecule has 39 heavy (non-hydrogen) atoms. The molecule has 1 aromatic heterocycles. The molecule has 3 aromatic rings. The van der Waals surface area contributed by atoms with Gasteiger partial charge in [0.1, 0.15) is 5.82 Å². The molecule has 202 valence electrons. The van der Waals surface area contributed by atoms with Crippen LogP contribution in [0.4, 0.5) is 11.6 Å². The molecule has 0 aliphatic carbocycles. The maximum absolute atomic E-state index is 12.2. The second-order valence-electron chi connectivity index (χ2n) is 8.65. The fourth-order valence-corrected chi connectivity index (χ4v) is 3.62. The van der Waals surface area contributed by atoms with Crippen LogP contribution in [0.3, 0.4) is 0 Å². The summed E-state index contributed by atoms with van der Waals surface area (Å²) in [7, 11) is 0. The van der Waals surface area contributed by atoms with E-state index in [-0.39, 0.29) is 31.6 Å². The van der Waals surface area contributed by atoms with Gasteiger partial charge in [-0.25, -0.2) is 0 Å². The first-order valence-electron chi connectivity index (χ1n) is 12.4. The molecule has 6 bridgehead atoms. The van der Waals surface area contributed by atoms with Gasteiger partial charge in [0, 0.05) is 24.4 Å². The van der Waals surface area contributed by atoms with Crippen LogP contribution in [0.1, 0.15) is 29.4 Å². The zero-order valence-corrected chi connectivity index (χ0v) is 21.5. The first kappa shape index (κ1) is 27.0. The highest BCUT2D eigenvalue weighted by Gasteiger charge is 2.11. The SMILES string of the molecule is C=C1NCC(=O)NCC(=O)NCC(=O)Nc2ccc(cc2)CNc2nc(nc(OCC)n2)Cc2ccc1cc2. The summed E-state index contributed by atoms with van der Waals surface area (Å²) in [6.07, 6.45) is 0.455. The van der Waals surface area contributed by atoms with Crippen molar-refractivity contribution < 1.29 is 19.1 Å². The summed E-state index contributed by atoms with van der Waals surface area (Å²) in [5.74, 6) is -0.329. The molecule has 6 rings (SSSR count). The number of hydrogen-bond acceptors (Lipinski definition) is 9. The number of fused-ring (bicyclic) bond motifs is 2. The number of rotatable bonds is 2. The van der Waals surface area contributed by atoms with Crippen LogP contribution in [0.5, 0.6) is 6.01 Å². The van der Waals surface area contributed by atoms with Gasteiger partial charge in [-0.1, -0.05) is 43.0 Å². The maximum Gasteiger partial charge on any atom is 0.321 e. The van der Waals surface area contributed by atoms with E-state index in [1.165, 1.54) is 0 Å². The minimum absolute atomic E-state index is 0.0643. The fourth-order valence-electron chi connectivity index (χ4n) is 3.62. The lowest BCUT2D eigenvalue weighted by Gasteiger charge is -2.11. The summed E-state index contributed by atoms with van der Waals surface area (Å²) in [5, 5.41) is 13.9. The minimum atomic E-state index is -0.479. The highest BCUT2D eigenvalue weighted by molar-refractivity contribution is 5.95. The molecule has 0 saturated carbocycles. The third kappa shape index (κ3) is 8.25. The zero-order chi connectivity index (χ0) is 27.6. The van der Waals surface area contributed by atoms with Crippen LogP contribution in [-0.4, -0.2) is 58.9 Å². The van der Waals surface area contributed by atoms with Crippen molar-refractivity contribution in [3.05, 3.63) is 77.6 Å². The van der Waals surface area contributed by atoms with Crippen LogP contribution < -0.4 is 31.3 Å². The predicted molar refractivity (Wildman–Crippen MR) is 146 cm³/mol. The summed E-state index contributed by atoms with van der Waals surface area (Å²) >= 11 is 0. The predicted octanol–water partition coefficient (Wildman–Crippen LogP) is 1.22. The van der Waals surface area contributed by atoms with Crippen molar-refractivity contribution in [3.63, 3.8) is 0 Å². The van der Waals surface area contributed by atoms with Gasteiger partial charge in [-0.05, 0) is 35.7 Å². The summed E-state index contributed by atoms with van der Waals surface area (Å²) in [4.78, 5) is 49.7. The summed E-state index contributed by atoms with van der Waals surface area (Å²) in [5.41, 5.74) is 3.85. The van der Waals surface area contributed by atoms with Gasteiger partial charge in [-0.15, -0.1) is 0 Å². The molecule has 3 amide bonds. The fraction of sp³-hybridized carbons (Fsp3) is 0.259. The number of anilines is 2. The first-order chi connectivity index (χ1) is 18.9. The normalized spacial score (nSPS) is 15.1. The molecular weight excluding hydrogens is 500 g/mol. The zero-order valence-electron chi connectivity index (χ0n) is 21.5. The standard InChI is InChI=1S/C27H30N8O4/c1-3-39-27-34-22-12-18-4-8-20(9-5-18)17(2)28-14-23(36)29-15-24(37)30-16-25(38)32-21-10-6-19(7-11-21)13-31-26(33-22)35-27/h4-11,28H,2-3,12-16H2,1H3,(H,29,36)(H,30,37)(H,32,38)(H,31,33,34,35). The van der Waals surface area contributed by atoms with Crippen LogP contribution in [0.2, 0.25) is 0 Å². The maximum atomic E-state index is 12.2. The molecule has 0 spiro atoms. The quantitative estimate of drug-likeness (QED) is 0.328. The van der Waals surface area contributed by atoms with E-state index >= 15 is 0 Å². The van der Waals surface area contributed by atoms with Crippen LogP contribution in [0, 0.1) is 0 Å². The van der Waals surface area contributed by atoms with Crippen molar-refractivity contribution in [2.24, 2.45) is 0 Å². The molecule has 3 aliphatic heterocycles. The molecule has 5 N–H and O–H groups in total. The second-order valence-corrected chi connectivity index (χ2v) is 8.65. The molecule has 0 saturated heterocycles. The number of nitrogens with zero attached hydrogens (tertiary/aromatic N) is 3. The number of hydrogen-bond donors (Lipinski definition) is 5. The van der Waals surface area contributed by atoms with E-state index in [2.05, 4.69) is 48.1 Å². The number of aromatic nitrogens is 3. The highest BCUT2D eigenvalue weighted by Crippen LogP contribution is 2.16. The van der Waals surface area contributed by atoms with Crippen molar-refractivity contribution in [2.45, 2.75) is 19.9 Å². The van der Waals surface area contributed by atoms with Gasteiger partial charge in [0.05, 0.1) is 26.2 Å². The van der Waals surface area contributed by atoms with E-state index in [4.69, 9.17) is 4.74 Å². The van der Waals surface area contributed by atoms with Crippen LogP contribution >= 0.6 is 0 Å². The molecule has 0 radical (unpaired) electrons. The summed E-state index contributed by atoms with van der Waals surface area (Å²) in [6, 6.07) is 15.1. The Morgan fingerprint density at radius 1 is 0.744 bits per heavy atom. The lowest BCUT2D eigenvalue weighted by atomic mass is 10.1. The van der Waals surface area contributed by atoms with E-state index in [1.54, 1.807) is 12.1 Å². The Morgan fingerprint density at radius 2 is 1.38 bits per heavy atom. The van der Waals surface area contributed by atoms with Crippen molar-refractivity contribution >= 4 is 35.1 Å². The number of carbonyl (C=O) groups excluding carboxylic acids is 3. The van der Waals surface area contributed by atoms with Crippen molar-refractivity contribution in [2.75, 3.05) is 36.9 Å². The number of amides is 3. The molecule has 12 nitrogen and oxygen atoms in total. The van der Waals surface area contributed by atoms with Gasteiger partial charge in [-0.3, -0.25) is 14.4 Å². The Morgan fingerprint density at radius 3 is 2.08 bits per heavy atom. The molecule has 2 aromatic carbocycles. The third-order valence-electron chi connectivity index (χ3n) is 5.64. The highest BCUT2D eigenvalue weighted by atomic mass is 16.5. The molecule has 0 atom stereocenters. The van der Waals surface area contributed by atoms with Gasteiger partial charge >= 0.3 is 6.01 Å². The second kappa shape index (κ2) is 13.0. The number of nitrogens with one attached hydrogen (secondary N) is 5. The molecule has 4 heterocycles. The van der Waals surface area contributed by atoms with Crippen molar-refractivity contribution in [1.82, 2.24) is 30.9 Å². The topological polar surface area (TPSA) is 159 Å². The van der Waals surface area contributed by atoms with Gasteiger partial charge in [0.25, 0.3) is 0 Å². The van der Waals surface area contributed by atoms with E-state index < -0.39 is 11.8 Å². The third-order valence-corrected chi connectivity index (χ3v) is 5.64. The largest absolute Gasteiger partial charge is 0.464 e. The number of benzene rings is 2. The van der Waals surface area contributed by atoms with E-state index in [1.807, 2.05) is 43.3 Å². The average molecular weight is 531 g/mol. The lowest BCUT2D eigenvalue weighted by molar-refractivity contribution is -0.126. The molecule has 0 fully saturated rings. The van der Waals surface area contributed by atoms with E-state index in [9.17, 15) is 14.4 Å². The van der Waals surface area contributed by atoms with Gasteiger partial charge in [0.15, 0.2) is 0 Å². The van der Waals surface area contributed by atoms with Gasteiger partial charge in [-0.2, -0.15) is 15.0 Å². The first-order valence-corrected chi connectivity index (χ1v) is 12.4. The van der Waals surface area contributed by atoms with Crippen molar-refractivity contribution in [1.29, 1.82) is 0 Å². The monoisotopic (exact) mass is 530 g/mol. The smallest absolute Gasteiger partial charge is 0.321 e. The Labute approximate surface area is 225 Å². The van der Waals surface area contributed by atoms with E-state index in [0.717, 1.165) is 16.7 Å². The Kier molecular flexibility index (Phi) is 9.01. The average Bonchev–Trinajstić information content (AvgIpc) is 2.93. The molecule has 12 heteroatoms. The van der Waals surface area contributed by atoms with Gasteiger partial charge in [0.2, 0.25) is 23.7 Å². The summed E-state index contributed by atoms with van der Waals surface area (Å²) < 4.78 is 5.55. The van der Waals surface area contributed by atoms with Crippen molar-refractivity contribution in [3.8, 4) is 6.01 Å². The van der Waals surface area contributed by atoms with Crippen LogP contribution in [0.25, 0.3) is 5.70 Å². The van der Waals surface area contributed by atoms with Crippen LogP contribution in [0.15, 0.2) is 55.1 Å². The molecular formula is C27H30N8O4.